The highest BCUT2D eigenvalue weighted by Crippen LogP contribution is 2.28. The first-order valence-corrected chi connectivity index (χ1v) is 12.3. The first-order valence-electron chi connectivity index (χ1n) is 12.3. The molecule has 4 aromatic rings. The Morgan fingerprint density at radius 1 is 1.00 bits per heavy atom. The number of carbonyl (C=O) groups is 2. The second-order valence-corrected chi connectivity index (χ2v) is 9.07. The van der Waals surface area contributed by atoms with Crippen molar-refractivity contribution in [3.8, 4) is 17.3 Å². The third kappa shape index (κ3) is 5.20. The molecule has 2 aromatic carbocycles. The van der Waals surface area contributed by atoms with Crippen LogP contribution in [-0.2, 0) is 7.05 Å². The van der Waals surface area contributed by atoms with Gasteiger partial charge in [-0.1, -0.05) is 12.1 Å². The molecule has 2 amide bonds. The minimum absolute atomic E-state index is 0.133. The Morgan fingerprint density at radius 2 is 1.73 bits per heavy atom. The van der Waals surface area contributed by atoms with Crippen LogP contribution in [0.15, 0.2) is 60.9 Å². The van der Waals surface area contributed by atoms with Crippen molar-refractivity contribution < 1.29 is 9.59 Å². The molecule has 2 aromatic heterocycles. The van der Waals surface area contributed by atoms with Gasteiger partial charge >= 0.3 is 0 Å². The van der Waals surface area contributed by atoms with Crippen molar-refractivity contribution in [3.63, 3.8) is 0 Å². The highest BCUT2D eigenvalue weighted by molar-refractivity contribution is 6.05. The SMILES string of the molecule is Cn1c(C(=O)NCCN2CCCC2)cc2c(-c3ccc(NC(=O)c4ccc(C#N)cc4)cc3)ncnc21. The van der Waals surface area contributed by atoms with Gasteiger partial charge in [0.05, 0.1) is 17.3 Å². The molecule has 37 heavy (non-hydrogen) atoms. The lowest BCUT2D eigenvalue weighted by Gasteiger charge is -2.14. The quantitative estimate of drug-likeness (QED) is 0.407. The van der Waals surface area contributed by atoms with Crippen LogP contribution < -0.4 is 10.6 Å². The van der Waals surface area contributed by atoms with Crippen LogP contribution in [0.2, 0.25) is 0 Å². The molecule has 1 aliphatic heterocycles. The minimum atomic E-state index is -0.259. The van der Waals surface area contributed by atoms with E-state index in [0.29, 0.717) is 40.4 Å². The van der Waals surface area contributed by atoms with Gasteiger partial charge in [-0.2, -0.15) is 5.26 Å². The fourth-order valence-electron chi connectivity index (χ4n) is 4.62. The molecule has 5 rings (SSSR count). The number of amides is 2. The summed E-state index contributed by atoms with van der Waals surface area (Å²) in [6, 6.07) is 17.7. The van der Waals surface area contributed by atoms with Gasteiger partial charge in [0.2, 0.25) is 0 Å². The van der Waals surface area contributed by atoms with Gasteiger partial charge in [0, 0.05) is 42.3 Å². The van der Waals surface area contributed by atoms with Crippen molar-refractivity contribution in [2.45, 2.75) is 12.8 Å². The molecule has 0 atom stereocenters. The Kier molecular flexibility index (Phi) is 6.92. The zero-order chi connectivity index (χ0) is 25.8. The van der Waals surface area contributed by atoms with Crippen LogP contribution >= 0.6 is 0 Å². The number of benzene rings is 2. The molecule has 3 heterocycles. The number of nitrogens with one attached hydrogen (secondary N) is 2. The molecular weight excluding hydrogens is 466 g/mol. The summed E-state index contributed by atoms with van der Waals surface area (Å²) >= 11 is 0. The van der Waals surface area contributed by atoms with Crippen molar-refractivity contribution in [2.24, 2.45) is 7.05 Å². The van der Waals surface area contributed by atoms with E-state index in [1.165, 1.54) is 19.2 Å². The summed E-state index contributed by atoms with van der Waals surface area (Å²) in [7, 11) is 1.83. The second kappa shape index (κ2) is 10.6. The summed E-state index contributed by atoms with van der Waals surface area (Å²) in [5, 5.41) is 15.6. The van der Waals surface area contributed by atoms with E-state index < -0.39 is 0 Å². The lowest BCUT2D eigenvalue weighted by Crippen LogP contribution is -2.34. The Hall–Kier alpha value is -4.55. The number of nitriles is 1. The Bertz CT molecular complexity index is 1480. The number of nitrogens with zero attached hydrogens (tertiary/aromatic N) is 5. The van der Waals surface area contributed by atoms with Crippen molar-refractivity contribution in [3.05, 3.63) is 77.7 Å². The molecule has 0 aliphatic carbocycles. The number of aromatic nitrogens is 3. The number of likely N-dealkylation sites (tertiary alicyclic amines) is 1. The summed E-state index contributed by atoms with van der Waals surface area (Å²) in [6.07, 6.45) is 3.94. The number of aryl methyl sites for hydroxylation is 1. The molecule has 9 heteroatoms. The summed E-state index contributed by atoms with van der Waals surface area (Å²) in [5.41, 5.74) is 4.36. The minimum Gasteiger partial charge on any atom is -0.349 e. The van der Waals surface area contributed by atoms with Gasteiger partial charge in [0.25, 0.3) is 11.8 Å². The van der Waals surface area contributed by atoms with E-state index >= 15 is 0 Å². The van der Waals surface area contributed by atoms with E-state index in [-0.39, 0.29) is 11.8 Å². The second-order valence-electron chi connectivity index (χ2n) is 9.07. The molecule has 2 N–H and O–H groups in total. The summed E-state index contributed by atoms with van der Waals surface area (Å²) in [5.74, 6) is -0.392. The lowest BCUT2D eigenvalue weighted by molar-refractivity contribution is 0.0941. The number of hydrogen-bond acceptors (Lipinski definition) is 6. The van der Waals surface area contributed by atoms with Crippen LogP contribution in [0.5, 0.6) is 0 Å². The Labute approximate surface area is 214 Å². The number of anilines is 1. The lowest BCUT2D eigenvalue weighted by atomic mass is 10.1. The molecule has 1 saturated heterocycles. The predicted octanol–water partition coefficient (Wildman–Crippen LogP) is 3.58. The standard InChI is InChI=1S/C28H27N7O2/c1-34-24(28(37)30-12-15-35-13-2-3-14-35)16-23-25(31-18-32-26(23)34)20-8-10-22(11-9-20)33-27(36)21-6-4-19(17-29)5-7-21/h4-11,16,18H,2-3,12-15H2,1H3,(H,30,37)(H,33,36). The van der Waals surface area contributed by atoms with E-state index in [2.05, 4.69) is 25.5 Å². The third-order valence-electron chi connectivity index (χ3n) is 6.66. The Morgan fingerprint density at radius 3 is 2.43 bits per heavy atom. The fraction of sp³-hybridized carbons (Fsp3) is 0.250. The Balaban J connectivity index is 1.31. The van der Waals surface area contributed by atoms with E-state index in [1.54, 1.807) is 41.0 Å². The van der Waals surface area contributed by atoms with Crippen molar-refractivity contribution >= 4 is 28.5 Å². The first kappa shape index (κ1) is 24.2. The van der Waals surface area contributed by atoms with E-state index in [1.807, 2.05) is 31.3 Å². The highest BCUT2D eigenvalue weighted by Gasteiger charge is 2.18. The average molecular weight is 494 g/mol. The molecule has 0 radical (unpaired) electrons. The van der Waals surface area contributed by atoms with Gasteiger partial charge in [0.1, 0.15) is 17.7 Å². The van der Waals surface area contributed by atoms with Gasteiger partial charge in [-0.3, -0.25) is 9.59 Å². The topological polar surface area (TPSA) is 116 Å². The maximum atomic E-state index is 12.9. The fourth-order valence-corrected chi connectivity index (χ4v) is 4.62. The van der Waals surface area contributed by atoms with E-state index in [9.17, 15) is 9.59 Å². The predicted molar refractivity (Wildman–Crippen MR) is 141 cm³/mol. The van der Waals surface area contributed by atoms with Crippen LogP contribution in [0, 0.1) is 11.3 Å². The summed E-state index contributed by atoms with van der Waals surface area (Å²) in [4.78, 5) is 36.7. The average Bonchev–Trinajstić information content (AvgIpc) is 3.57. The smallest absolute Gasteiger partial charge is 0.268 e. The molecule has 1 fully saturated rings. The van der Waals surface area contributed by atoms with Crippen molar-refractivity contribution in [1.82, 2.24) is 24.8 Å². The highest BCUT2D eigenvalue weighted by atomic mass is 16.2. The van der Waals surface area contributed by atoms with Gasteiger partial charge in [-0.15, -0.1) is 0 Å². The van der Waals surface area contributed by atoms with Crippen molar-refractivity contribution in [1.29, 1.82) is 5.26 Å². The maximum absolute atomic E-state index is 12.9. The molecule has 0 unspecified atom stereocenters. The molecular formula is C28H27N7O2. The van der Waals surface area contributed by atoms with Crippen LogP contribution in [0.4, 0.5) is 5.69 Å². The largest absolute Gasteiger partial charge is 0.349 e. The molecule has 186 valence electrons. The zero-order valence-corrected chi connectivity index (χ0v) is 20.6. The van der Waals surface area contributed by atoms with Gasteiger partial charge in [-0.25, -0.2) is 9.97 Å². The number of carbonyl (C=O) groups excluding carboxylic acids is 2. The van der Waals surface area contributed by atoms with Gasteiger partial charge in [-0.05, 0) is 68.4 Å². The third-order valence-corrected chi connectivity index (χ3v) is 6.66. The summed E-state index contributed by atoms with van der Waals surface area (Å²) in [6.45, 7) is 3.66. The molecule has 9 nitrogen and oxygen atoms in total. The zero-order valence-electron chi connectivity index (χ0n) is 20.6. The van der Waals surface area contributed by atoms with Crippen molar-refractivity contribution in [2.75, 3.05) is 31.5 Å². The molecule has 1 aliphatic rings. The van der Waals surface area contributed by atoms with E-state index in [4.69, 9.17) is 5.26 Å². The normalized spacial score (nSPS) is 13.4. The van der Waals surface area contributed by atoms with Gasteiger partial charge < -0.3 is 20.1 Å². The first-order chi connectivity index (χ1) is 18.0. The van der Waals surface area contributed by atoms with Crippen LogP contribution in [-0.4, -0.2) is 57.4 Å². The molecule has 0 spiro atoms. The molecule has 0 saturated carbocycles. The van der Waals surface area contributed by atoms with Gasteiger partial charge in [0.15, 0.2) is 0 Å². The summed E-state index contributed by atoms with van der Waals surface area (Å²) < 4.78 is 1.79. The van der Waals surface area contributed by atoms with Crippen LogP contribution in [0.25, 0.3) is 22.3 Å². The van der Waals surface area contributed by atoms with Crippen LogP contribution in [0.3, 0.4) is 0 Å². The number of hydrogen-bond donors (Lipinski definition) is 2. The molecule has 0 bridgehead atoms. The monoisotopic (exact) mass is 493 g/mol. The number of fused-ring (bicyclic) bond motifs is 1. The van der Waals surface area contributed by atoms with Crippen LogP contribution in [0.1, 0.15) is 39.3 Å². The van der Waals surface area contributed by atoms with E-state index in [0.717, 1.165) is 30.6 Å². The number of rotatable bonds is 7. The maximum Gasteiger partial charge on any atom is 0.268 e.